The summed E-state index contributed by atoms with van der Waals surface area (Å²) in [5, 5.41) is 3.03. The van der Waals surface area contributed by atoms with E-state index in [0.717, 1.165) is 17.7 Å². The van der Waals surface area contributed by atoms with E-state index in [1.165, 1.54) is 24.3 Å². The molecule has 2 aromatic carbocycles. The lowest BCUT2D eigenvalue weighted by atomic mass is 10.0. The second-order valence-corrected chi connectivity index (χ2v) is 8.10. The van der Waals surface area contributed by atoms with Gasteiger partial charge >= 0.3 is 6.18 Å². The number of alkyl halides is 3. The topological polar surface area (TPSA) is 62.6 Å². The summed E-state index contributed by atoms with van der Waals surface area (Å²) in [6, 6.07) is 15.1. The molecule has 2 heterocycles. The molecule has 0 atom stereocenters. The van der Waals surface area contributed by atoms with Crippen LogP contribution in [0.4, 0.5) is 13.2 Å². The third-order valence-electron chi connectivity index (χ3n) is 5.80. The molecule has 1 N–H and O–H groups in total. The maximum atomic E-state index is 13.0. The average Bonchev–Trinajstić information content (AvgIpc) is 3.29. The van der Waals surface area contributed by atoms with Crippen LogP contribution in [-0.4, -0.2) is 35.8 Å². The summed E-state index contributed by atoms with van der Waals surface area (Å²) >= 11 is 0. The number of hydrogen-bond acceptors (Lipinski definition) is 3. The SMILES string of the molecule is Cc1ccccc1C(=O)NC1CCN(C(=O)c2ccc(-c3cccc(C(F)(F)F)c3)o2)CC1. The number of nitrogens with zero attached hydrogens (tertiary/aromatic N) is 1. The Morgan fingerprint density at radius 2 is 1.73 bits per heavy atom. The van der Waals surface area contributed by atoms with Crippen LogP contribution in [0.5, 0.6) is 0 Å². The van der Waals surface area contributed by atoms with Gasteiger partial charge in [0.05, 0.1) is 5.56 Å². The number of halogens is 3. The van der Waals surface area contributed by atoms with Gasteiger partial charge in [-0.05, 0) is 55.7 Å². The van der Waals surface area contributed by atoms with Crippen LogP contribution in [0.1, 0.15) is 44.9 Å². The fourth-order valence-electron chi connectivity index (χ4n) is 3.93. The van der Waals surface area contributed by atoms with Crippen molar-refractivity contribution in [2.24, 2.45) is 0 Å². The second-order valence-electron chi connectivity index (χ2n) is 8.10. The first-order valence-corrected chi connectivity index (χ1v) is 10.7. The Labute approximate surface area is 189 Å². The first-order valence-electron chi connectivity index (χ1n) is 10.7. The number of nitrogens with one attached hydrogen (secondary N) is 1. The van der Waals surface area contributed by atoms with Crippen molar-refractivity contribution in [3.63, 3.8) is 0 Å². The average molecular weight is 456 g/mol. The number of rotatable bonds is 4. The molecule has 8 heteroatoms. The van der Waals surface area contributed by atoms with Gasteiger partial charge in [-0.2, -0.15) is 13.2 Å². The van der Waals surface area contributed by atoms with Gasteiger partial charge in [0.2, 0.25) is 0 Å². The van der Waals surface area contributed by atoms with Crippen LogP contribution in [0.25, 0.3) is 11.3 Å². The van der Waals surface area contributed by atoms with Crippen molar-refractivity contribution in [3.05, 3.63) is 83.1 Å². The van der Waals surface area contributed by atoms with E-state index in [1.807, 2.05) is 25.1 Å². The summed E-state index contributed by atoms with van der Waals surface area (Å²) in [4.78, 5) is 27.0. The van der Waals surface area contributed by atoms with Gasteiger partial charge in [0.25, 0.3) is 11.8 Å². The summed E-state index contributed by atoms with van der Waals surface area (Å²) in [5.74, 6) is -0.179. The van der Waals surface area contributed by atoms with Gasteiger partial charge in [0.15, 0.2) is 5.76 Å². The van der Waals surface area contributed by atoms with Crippen molar-refractivity contribution in [2.75, 3.05) is 13.1 Å². The number of carbonyl (C=O) groups excluding carboxylic acids is 2. The normalized spacial score (nSPS) is 14.8. The molecule has 1 saturated heterocycles. The van der Waals surface area contributed by atoms with Crippen LogP contribution in [0.2, 0.25) is 0 Å². The summed E-state index contributed by atoms with van der Waals surface area (Å²) in [7, 11) is 0. The smallest absolute Gasteiger partial charge is 0.416 e. The molecule has 1 aliphatic rings. The number of hydrogen-bond donors (Lipinski definition) is 1. The van der Waals surface area contributed by atoms with E-state index in [-0.39, 0.29) is 34.9 Å². The zero-order chi connectivity index (χ0) is 23.6. The van der Waals surface area contributed by atoms with E-state index >= 15 is 0 Å². The molecular weight excluding hydrogens is 433 g/mol. The molecule has 0 unspecified atom stereocenters. The van der Waals surface area contributed by atoms with Gasteiger partial charge in [-0.25, -0.2) is 0 Å². The lowest BCUT2D eigenvalue weighted by molar-refractivity contribution is -0.137. The number of amides is 2. The molecule has 1 fully saturated rings. The van der Waals surface area contributed by atoms with E-state index in [0.29, 0.717) is 31.5 Å². The van der Waals surface area contributed by atoms with Crippen LogP contribution >= 0.6 is 0 Å². The van der Waals surface area contributed by atoms with Gasteiger partial charge in [-0.3, -0.25) is 9.59 Å². The third-order valence-corrected chi connectivity index (χ3v) is 5.80. The molecule has 5 nitrogen and oxygen atoms in total. The Hall–Kier alpha value is -3.55. The molecule has 2 amide bonds. The van der Waals surface area contributed by atoms with Crippen LogP contribution in [0.3, 0.4) is 0 Å². The highest BCUT2D eigenvalue weighted by Gasteiger charge is 2.31. The third kappa shape index (κ3) is 5.10. The predicted molar refractivity (Wildman–Crippen MR) is 117 cm³/mol. The van der Waals surface area contributed by atoms with E-state index < -0.39 is 11.7 Å². The summed E-state index contributed by atoms with van der Waals surface area (Å²) < 4.78 is 44.5. The minimum atomic E-state index is -4.46. The molecule has 33 heavy (non-hydrogen) atoms. The highest BCUT2D eigenvalue weighted by molar-refractivity contribution is 5.96. The van der Waals surface area contributed by atoms with Crippen LogP contribution in [0.15, 0.2) is 65.1 Å². The largest absolute Gasteiger partial charge is 0.451 e. The fraction of sp³-hybridized carbons (Fsp3) is 0.280. The van der Waals surface area contributed by atoms with E-state index in [2.05, 4.69) is 5.32 Å². The monoisotopic (exact) mass is 456 g/mol. The van der Waals surface area contributed by atoms with Crippen molar-refractivity contribution in [1.82, 2.24) is 10.2 Å². The number of aryl methyl sites for hydroxylation is 1. The van der Waals surface area contributed by atoms with E-state index in [9.17, 15) is 22.8 Å². The Kier molecular flexibility index (Phi) is 6.26. The van der Waals surface area contributed by atoms with E-state index in [1.54, 1.807) is 11.0 Å². The van der Waals surface area contributed by atoms with Gasteiger partial charge in [-0.15, -0.1) is 0 Å². The Morgan fingerprint density at radius 1 is 1.00 bits per heavy atom. The molecule has 0 radical (unpaired) electrons. The number of furan rings is 1. The van der Waals surface area contributed by atoms with E-state index in [4.69, 9.17) is 4.42 Å². The van der Waals surface area contributed by atoms with Crippen molar-refractivity contribution in [3.8, 4) is 11.3 Å². The highest BCUT2D eigenvalue weighted by Crippen LogP contribution is 2.33. The number of piperidine rings is 1. The Morgan fingerprint density at radius 3 is 2.42 bits per heavy atom. The van der Waals surface area contributed by atoms with Gasteiger partial charge < -0.3 is 14.6 Å². The molecule has 1 aromatic heterocycles. The number of benzene rings is 2. The van der Waals surface area contributed by atoms with Crippen molar-refractivity contribution < 1.29 is 27.2 Å². The standard InChI is InChI=1S/C25H23F3N2O3/c1-16-5-2-3-8-20(16)23(31)29-19-11-13-30(14-12-19)24(32)22-10-9-21(33-22)17-6-4-7-18(15-17)25(26,27)28/h2-10,15,19H,11-14H2,1H3,(H,29,31). The summed E-state index contributed by atoms with van der Waals surface area (Å²) in [6.45, 7) is 2.77. The van der Waals surface area contributed by atoms with Crippen LogP contribution < -0.4 is 5.32 Å². The van der Waals surface area contributed by atoms with Gasteiger partial charge in [0.1, 0.15) is 5.76 Å². The Balaban J connectivity index is 1.37. The predicted octanol–water partition coefficient (Wildman–Crippen LogP) is 5.31. The first kappa shape index (κ1) is 22.6. The molecule has 0 aliphatic carbocycles. The number of carbonyl (C=O) groups is 2. The minimum absolute atomic E-state index is 0.0431. The van der Waals surface area contributed by atoms with Crippen LogP contribution in [0, 0.1) is 6.92 Å². The van der Waals surface area contributed by atoms with Crippen LogP contribution in [-0.2, 0) is 6.18 Å². The summed E-state index contributed by atoms with van der Waals surface area (Å²) in [6.07, 6.45) is -3.25. The maximum absolute atomic E-state index is 13.0. The lowest BCUT2D eigenvalue weighted by Gasteiger charge is -2.32. The molecular formula is C25H23F3N2O3. The van der Waals surface area contributed by atoms with Crippen molar-refractivity contribution in [1.29, 1.82) is 0 Å². The van der Waals surface area contributed by atoms with Crippen molar-refractivity contribution in [2.45, 2.75) is 32.0 Å². The molecule has 172 valence electrons. The molecule has 4 rings (SSSR count). The zero-order valence-corrected chi connectivity index (χ0v) is 18.0. The second kappa shape index (κ2) is 9.13. The lowest BCUT2D eigenvalue weighted by Crippen LogP contribution is -2.46. The molecule has 3 aromatic rings. The van der Waals surface area contributed by atoms with Gasteiger partial charge in [-0.1, -0.05) is 30.3 Å². The maximum Gasteiger partial charge on any atom is 0.416 e. The first-order chi connectivity index (χ1) is 15.7. The summed E-state index contributed by atoms with van der Waals surface area (Å²) in [5.41, 5.74) is 1.01. The molecule has 0 spiro atoms. The zero-order valence-electron chi connectivity index (χ0n) is 18.0. The molecule has 0 saturated carbocycles. The fourth-order valence-corrected chi connectivity index (χ4v) is 3.93. The minimum Gasteiger partial charge on any atom is -0.451 e. The molecule has 1 aliphatic heterocycles. The van der Waals surface area contributed by atoms with Gasteiger partial charge in [0, 0.05) is 30.3 Å². The Bertz CT molecular complexity index is 1160. The highest BCUT2D eigenvalue weighted by atomic mass is 19.4. The quantitative estimate of drug-likeness (QED) is 0.579. The van der Waals surface area contributed by atoms with Crippen molar-refractivity contribution >= 4 is 11.8 Å². The molecule has 0 bridgehead atoms. The number of likely N-dealkylation sites (tertiary alicyclic amines) is 1.